The number of imide groups is 1. The molecule has 1 saturated heterocycles. The van der Waals surface area contributed by atoms with Gasteiger partial charge in [-0.15, -0.1) is 0 Å². The number of aryl methyl sites for hydroxylation is 1. The molecule has 106 valence electrons. The van der Waals surface area contributed by atoms with Crippen LogP contribution in [0.25, 0.3) is 0 Å². The van der Waals surface area contributed by atoms with E-state index in [1.54, 1.807) is 19.1 Å². The van der Waals surface area contributed by atoms with Gasteiger partial charge in [-0.2, -0.15) is 0 Å². The van der Waals surface area contributed by atoms with Crippen molar-refractivity contribution in [2.75, 3.05) is 13.1 Å². The first-order valence-electron chi connectivity index (χ1n) is 6.68. The highest BCUT2D eigenvalue weighted by Gasteiger charge is 2.34. The van der Waals surface area contributed by atoms with Crippen LogP contribution in [0.2, 0.25) is 0 Å². The molecule has 1 aliphatic rings. The second-order valence-electron chi connectivity index (χ2n) is 5.11. The Morgan fingerprint density at radius 1 is 1.30 bits per heavy atom. The Balaban J connectivity index is 1.84. The molecule has 1 aromatic rings. The first-order chi connectivity index (χ1) is 9.49. The Labute approximate surface area is 118 Å². The molecular formula is C15H18N2O3. The Morgan fingerprint density at radius 3 is 2.50 bits per heavy atom. The number of rotatable bonds is 4. The number of hydrogen-bond acceptors (Lipinski definition) is 3. The maximum atomic E-state index is 11.9. The average molecular weight is 274 g/mol. The fourth-order valence-electron chi connectivity index (χ4n) is 2.17. The second-order valence-corrected chi connectivity index (χ2v) is 5.11. The fourth-order valence-corrected chi connectivity index (χ4v) is 2.17. The van der Waals surface area contributed by atoms with E-state index in [0.717, 1.165) is 5.56 Å². The number of hydrogen-bond donors (Lipinski definition) is 1. The van der Waals surface area contributed by atoms with Gasteiger partial charge in [0.25, 0.3) is 5.91 Å². The number of carbonyl (C=O) groups excluding carboxylic acids is 3. The summed E-state index contributed by atoms with van der Waals surface area (Å²) >= 11 is 0. The van der Waals surface area contributed by atoms with Gasteiger partial charge in [0.1, 0.15) is 0 Å². The second kappa shape index (κ2) is 5.86. The molecule has 0 saturated carbocycles. The standard InChI is InChI=1S/C15H18N2O3/c1-10-3-5-12(6-4-10)14(19)16-7-8-17-13(18)9-11(2)15(17)20/h3-6,11H,7-9H2,1-2H3,(H,16,19). The third-order valence-corrected chi connectivity index (χ3v) is 3.40. The summed E-state index contributed by atoms with van der Waals surface area (Å²) in [6.07, 6.45) is 0.269. The molecule has 0 radical (unpaired) electrons. The van der Waals surface area contributed by atoms with E-state index in [4.69, 9.17) is 0 Å². The van der Waals surface area contributed by atoms with E-state index in [2.05, 4.69) is 5.32 Å². The predicted molar refractivity (Wildman–Crippen MR) is 74.0 cm³/mol. The monoisotopic (exact) mass is 274 g/mol. The van der Waals surface area contributed by atoms with Crippen molar-refractivity contribution >= 4 is 17.7 Å². The number of nitrogens with zero attached hydrogens (tertiary/aromatic N) is 1. The zero-order valence-electron chi connectivity index (χ0n) is 11.7. The molecule has 5 nitrogen and oxygen atoms in total. The molecule has 2 rings (SSSR count). The zero-order valence-corrected chi connectivity index (χ0v) is 11.7. The summed E-state index contributed by atoms with van der Waals surface area (Å²) in [4.78, 5) is 36.3. The van der Waals surface area contributed by atoms with Crippen LogP contribution in [0.3, 0.4) is 0 Å². The van der Waals surface area contributed by atoms with Crippen LogP contribution in [-0.2, 0) is 9.59 Å². The maximum Gasteiger partial charge on any atom is 0.251 e. The zero-order chi connectivity index (χ0) is 14.7. The normalized spacial score (nSPS) is 18.5. The highest BCUT2D eigenvalue weighted by molar-refractivity contribution is 6.03. The van der Waals surface area contributed by atoms with Crippen LogP contribution in [0.1, 0.15) is 29.3 Å². The molecule has 1 heterocycles. The van der Waals surface area contributed by atoms with Crippen LogP contribution < -0.4 is 5.32 Å². The number of nitrogens with one attached hydrogen (secondary N) is 1. The van der Waals surface area contributed by atoms with Gasteiger partial charge in [0.05, 0.1) is 0 Å². The summed E-state index contributed by atoms with van der Waals surface area (Å²) in [6, 6.07) is 7.23. The summed E-state index contributed by atoms with van der Waals surface area (Å²) in [6.45, 7) is 4.20. The number of amides is 3. The molecule has 0 aromatic heterocycles. The highest BCUT2D eigenvalue weighted by Crippen LogP contribution is 2.17. The van der Waals surface area contributed by atoms with Gasteiger partial charge >= 0.3 is 0 Å². The minimum absolute atomic E-state index is 0.153. The van der Waals surface area contributed by atoms with Gasteiger partial charge in [-0.1, -0.05) is 24.6 Å². The van der Waals surface area contributed by atoms with E-state index < -0.39 is 0 Å². The smallest absolute Gasteiger partial charge is 0.251 e. The Kier molecular flexibility index (Phi) is 4.17. The minimum Gasteiger partial charge on any atom is -0.350 e. The summed E-state index contributed by atoms with van der Waals surface area (Å²) in [5, 5.41) is 2.72. The van der Waals surface area contributed by atoms with E-state index in [9.17, 15) is 14.4 Å². The first kappa shape index (κ1) is 14.2. The van der Waals surface area contributed by atoms with Crippen LogP contribution in [0.4, 0.5) is 0 Å². The average Bonchev–Trinajstić information content (AvgIpc) is 2.65. The Hall–Kier alpha value is -2.17. The van der Waals surface area contributed by atoms with Crippen molar-refractivity contribution in [2.24, 2.45) is 5.92 Å². The molecule has 0 spiro atoms. The largest absolute Gasteiger partial charge is 0.350 e. The molecule has 3 amide bonds. The van der Waals surface area contributed by atoms with Gasteiger partial charge in [-0.25, -0.2) is 0 Å². The quantitative estimate of drug-likeness (QED) is 0.837. The molecular weight excluding hydrogens is 256 g/mol. The van der Waals surface area contributed by atoms with E-state index >= 15 is 0 Å². The van der Waals surface area contributed by atoms with Gasteiger partial charge < -0.3 is 5.32 Å². The summed E-state index contributed by atoms with van der Waals surface area (Å²) in [5.74, 6) is -0.751. The molecule has 1 atom stereocenters. The summed E-state index contributed by atoms with van der Waals surface area (Å²) in [7, 11) is 0. The lowest BCUT2D eigenvalue weighted by molar-refractivity contribution is -0.139. The number of benzene rings is 1. The van der Waals surface area contributed by atoms with Crippen molar-refractivity contribution in [3.05, 3.63) is 35.4 Å². The van der Waals surface area contributed by atoms with E-state index in [0.29, 0.717) is 5.56 Å². The Morgan fingerprint density at radius 2 is 1.95 bits per heavy atom. The molecule has 20 heavy (non-hydrogen) atoms. The third kappa shape index (κ3) is 3.04. The molecule has 1 aliphatic heterocycles. The lowest BCUT2D eigenvalue weighted by atomic mass is 10.1. The molecule has 1 unspecified atom stereocenters. The lowest BCUT2D eigenvalue weighted by Crippen LogP contribution is -2.38. The molecule has 5 heteroatoms. The first-order valence-corrected chi connectivity index (χ1v) is 6.68. The van der Waals surface area contributed by atoms with Gasteiger partial charge in [-0.05, 0) is 19.1 Å². The molecule has 1 fully saturated rings. The van der Waals surface area contributed by atoms with Gasteiger partial charge in [0.2, 0.25) is 11.8 Å². The lowest BCUT2D eigenvalue weighted by Gasteiger charge is -2.14. The highest BCUT2D eigenvalue weighted by atomic mass is 16.2. The number of likely N-dealkylation sites (tertiary alicyclic amines) is 1. The van der Waals surface area contributed by atoms with Gasteiger partial charge in [-0.3, -0.25) is 19.3 Å². The maximum absolute atomic E-state index is 11.9. The van der Waals surface area contributed by atoms with Crippen molar-refractivity contribution in [2.45, 2.75) is 20.3 Å². The van der Waals surface area contributed by atoms with Gasteiger partial charge in [0.15, 0.2) is 0 Å². The van der Waals surface area contributed by atoms with Crippen LogP contribution in [0.15, 0.2) is 24.3 Å². The summed E-state index contributed by atoms with van der Waals surface area (Å²) < 4.78 is 0. The van der Waals surface area contributed by atoms with Crippen LogP contribution in [0.5, 0.6) is 0 Å². The predicted octanol–water partition coefficient (Wildman–Crippen LogP) is 1.12. The Bertz CT molecular complexity index is 537. The number of carbonyl (C=O) groups is 3. The van der Waals surface area contributed by atoms with Crippen molar-refractivity contribution in [3.8, 4) is 0 Å². The topological polar surface area (TPSA) is 66.5 Å². The van der Waals surface area contributed by atoms with Crippen LogP contribution in [0, 0.1) is 12.8 Å². The molecule has 1 aromatic carbocycles. The van der Waals surface area contributed by atoms with E-state index in [1.807, 2.05) is 19.1 Å². The van der Waals surface area contributed by atoms with Crippen LogP contribution in [-0.4, -0.2) is 35.7 Å². The van der Waals surface area contributed by atoms with Crippen LogP contribution >= 0.6 is 0 Å². The minimum atomic E-state index is -0.240. The molecule has 1 N–H and O–H groups in total. The summed E-state index contributed by atoms with van der Waals surface area (Å²) in [5.41, 5.74) is 1.66. The third-order valence-electron chi connectivity index (χ3n) is 3.40. The van der Waals surface area contributed by atoms with E-state index in [-0.39, 0.29) is 43.1 Å². The van der Waals surface area contributed by atoms with Crippen molar-refractivity contribution in [3.63, 3.8) is 0 Å². The van der Waals surface area contributed by atoms with Crippen molar-refractivity contribution < 1.29 is 14.4 Å². The fraction of sp³-hybridized carbons (Fsp3) is 0.400. The van der Waals surface area contributed by atoms with Crippen molar-refractivity contribution in [1.29, 1.82) is 0 Å². The SMILES string of the molecule is Cc1ccc(C(=O)NCCN2C(=O)CC(C)C2=O)cc1. The molecule has 0 bridgehead atoms. The van der Waals surface area contributed by atoms with E-state index in [1.165, 1.54) is 4.90 Å². The van der Waals surface area contributed by atoms with Crippen molar-refractivity contribution in [1.82, 2.24) is 10.2 Å². The molecule has 0 aliphatic carbocycles. The van der Waals surface area contributed by atoms with Gasteiger partial charge in [0, 0.05) is 31.0 Å².